The van der Waals surface area contributed by atoms with Gasteiger partial charge in [-0.3, -0.25) is 14.6 Å². The Morgan fingerprint density at radius 3 is 2.67 bits per heavy atom. The Bertz CT molecular complexity index is 1330. The van der Waals surface area contributed by atoms with Crippen LogP contribution in [0.25, 0.3) is 10.9 Å². The fraction of sp³-hybridized carbons (Fsp3) is 0.379. The standard InChI is InChI=1S/C29H35FN6O2.ClH/c1-34-14-16-35(17-15-34)13-11-31-29(37)27-21-38-28(33-27)20-36(19-22-6-8-24(30)9-7-22)12-10-23-18-32-26-5-3-2-4-25(23)26;/h2-9,18,21,32H,10-17,19-20H2,1H3,(H,31,37);1H. The molecule has 1 saturated heterocycles. The van der Waals surface area contributed by atoms with Gasteiger partial charge in [-0.25, -0.2) is 9.37 Å². The van der Waals surface area contributed by atoms with Crippen LogP contribution in [-0.4, -0.2) is 83.4 Å². The number of carbonyl (C=O) groups excluding carboxylic acids is 1. The molecule has 4 aromatic rings. The van der Waals surface area contributed by atoms with Crippen molar-refractivity contribution in [2.75, 3.05) is 52.9 Å². The first-order valence-corrected chi connectivity index (χ1v) is 13.2. The van der Waals surface area contributed by atoms with Crippen LogP contribution in [-0.2, 0) is 19.5 Å². The number of hydrogen-bond acceptors (Lipinski definition) is 6. The first kappa shape index (κ1) is 28.8. The minimum absolute atomic E-state index is 0. The number of oxazole rings is 1. The summed E-state index contributed by atoms with van der Waals surface area (Å²) in [6.45, 7) is 7.33. The zero-order valence-corrected chi connectivity index (χ0v) is 23.1. The summed E-state index contributed by atoms with van der Waals surface area (Å²) in [7, 11) is 2.13. The number of likely N-dealkylation sites (N-methyl/N-ethyl adjacent to an activating group) is 1. The molecular formula is C29H36ClFN6O2. The predicted molar refractivity (Wildman–Crippen MR) is 153 cm³/mol. The van der Waals surface area contributed by atoms with Crippen LogP contribution >= 0.6 is 12.4 Å². The zero-order valence-electron chi connectivity index (χ0n) is 22.2. The van der Waals surface area contributed by atoms with Crippen LogP contribution in [0.1, 0.15) is 27.5 Å². The quantitative estimate of drug-likeness (QED) is 0.292. The van der Waals surface area contributed by atoms with Crippen molar-refractivity contribution >= 4 is 29.2 Å². The number of rotatable bonds is 11. The van der Waals surface area contributed by atoms with Gasteiger partial charge in [-0.05, 0) is 42.8 Å². The molecule has 0 bridgehead atoms. The molecule has 5 rings (SSSR count). The van der Waals surface area contributed by atoms with Crippen molar-refractivity contribution in [3.05, 3.63) is 89.5 Å². The largest absolute Gasteiger partial charge is 0.447 e. The van der Waals surface area contributed by atoms with E-state index in [4.69, 9.17) is 4.42 Å². The predicted octanol–water partition coefficient (Wildman–Crippen LogP) is 3.94. The van der Waals surface area contributed by atoms with E-state index in [-0.39, 0.29) is 29.8 Å². The maximum Gasteiger partial charge on any atom is 0.273 e. The molecule has 8 nitrogen and oxygen atoms in total. The lowest BCUT2D eigenvalue weighted by Gasteiger charge is -2.32. The molecule has 2 N–H and O–H groups in total. The minimum Gasteiger partial charge on any atom is -0.447 e. The summed E-state index contributed by atoms with van der Waals surface area (Å²) in [5.41, 5.74) is 3.64. The number of H-pyrrole nitrogens is 1. The molecule has 1 amide bonds. The van der Waals surface area contributed by atoms with Crippen molar-refractivity contribution in [2.24, 2.45) is 0 Å². The number of para-hydroxylation sites is 1. The molecule has 0 unspecified atom stereocenters. The number of piperazine rings is 1. The van der Waals surface area contributed by atoms with Crippen LogP contribution in [0.5, 0.6) is 0 Å². The first-order chi connectivity index (χ1) is 18.5. The molecule has 0 aliphatic carbocycles. The van der Waals surface area contributed by atoms with Crippen LogP contribution in [0.3, 0.4) is 0 Å². The Morgan fingerprint density at radius 2 is 1.87 bits per heavy atom. The van der Waals surface area contributed by atoms with E-state index < -0.39 is 0 Å². The number of aromatic nitrogens is 2. The van der Waals surface area contributed by atoms with Gasteiger partial charge < -0.3 is 19.6 Å². The van der Waals surface area contributed by atoms with Crippen LogP contribution in [0.15, 0.2) is 65.4 Å². The topological polar surface area (TPSA) is 80.6 Å². The Morgan fingerprint density at radius 1 is 1.10 bits per heavy atom. The van der Waals surface area contributed by atoms with E-state index in [1.165, 1.54) is 29.3 Å². The van der Waals surface area contributed by atoms with Crippen molar-refractivity contribution in [1.29, 1.82) is 0 Å². The van der Waals surface area contributed by atoms with Gasteiger partial charge in [-0.1, -0.05) is 30.3 Å². The van der Waals surface area contributed by atoms with Gasteiger partial charge in [0.25, 0.3) is 5.91 Å². The summed E-state index contributed by atoms with van der Waals surface area (Å²) in [4.78, 5) is 27.3. The molecular weight excluding hydrogens is 519 g/mol. The number of carbonyl (C=O) groups is 1. The van der Waals surface area contributed by atoms with Gasteiger partial charge in [-0.2, -0.15) is 0 Å². The third kappa shape index (κ3) is 7.89. The van der Waals surface area contributed by atoms with Gasteiger partial charge in [0, 0.05) is 69.5 Å². The van der Waals surface area contributed by atoms with Gasteiger partial charge in [0.2, 0.25) is 5.89 Å². The number of benzene rings is 2. The van der Waals surface area contributed by atoms with Gasteiger partial charge in [0.15, 0.2) is 5.69 Å². The second kappa shape index (κ2) is 13.7. The number of aromatic amines is 1. The molecule has 0 saturated carbocycles. The molecule has 39 heavy (non-hydrogen) atoms. The monoisotopic (exact) mass is 554 g/mol. The lowest BCUT2D eigenvalue weighted by atomic mass is 10.1. The summed E-state index contributed by atoms with van der Waals surface area (Å²) in [6.07, 6.45) is 4.30. The molecule has 0 atom stereocenters. The van der Waals surface area contributed by atoms with Crippen LogP contribution in [0.2, 0.25) is 0 Å². The van der Waals surface area contributed by atoms with Gasteiger partial charge in [0.1, 0.15) is 12.1 Å². The number of fused-ring (bicyclic) bond motifs is 1. The van der Waals surface area contributed by atoms with Crippen molar-refractivity contribution < 1.29 is 13.6 Å². The second-order valence-corrected chi connectivity index (χ2v) is 9.97. The second-order valence-electron chi connectivity index (χ2n) is 9.97. The summed E-state index contributed by atoms with van der Waals surface area (Å²) in [6, 6.07) is 14.8. The zero-order chi connectivity index (χ0) is 26.3. The summed E-state index contributed by atoms with van der Waals surface area (Å²) in [5.74, 6) is 0.00308. The Balaban J connectivity index is 0.00000353. The van der Waals surface area contributed by atoms with E-state index in [1.54, 1.807) is 12.1 Å². The van der Waals surface area contributed by atoms with Crippen molar-refractivity contribution in [3.8, 4) is 0 Å². The number of nitrogens with one attached hydrogen (secondary N) is 2. The van der Waals surface area contributed by atoms with Crippen LogP contribution in [0.4, 0.5) is 4.39 Å². The average molecular weight is 555 g/mol. The molecule has 2 aromatic carbocycles. The van der Waals surface area contributed by atoms with Gasteiger partial charge in [-0.15, -0.1) is 12.4 Å². The molecule has 0 spiro atoms. The Labute approximate surface area is 234 Å². The van der Waals surface area contributed by atoms with Gasteiger partial charge in [0.05, 0.1) is 6.54 Å². The van der Waals surface area contributed by atoms with E-state index in [2.05, 4.69) is 55.4 Å². The molecule has 0 radical (unpaired) electrons. The maximum atomic E-state index is 13.5. The number of hydrogen-bond donors (Lipinski definition) is 2. The maximum absolute atomic E-state index is 13.5. The summed E-state index contributed by atoms with van der Waals surface area (Å²) < 4.78 is 19.1. The normalized spacial score (nSPS) is 14.5. The molecule has 3 heterocycles. The number of nitrogens with zero attached hydrogens (tertiary/aromatic N) is 4. The van der Waals surface area contributed by atoms with E-state index in [0.717, 1.165) is 56.8 Å². The smallest absolute Gasteiger partial charge is 0.273 e. The fourth-order valence-electron chi connectivity index (χ4n) is 4.85. The lowest BCUT2D eigenvalue weighted by Crippen LogP contribution is -2.46. The third-order valence-corrected chi connectivity index (χ3v) is 7.14. The van der Waals surface area contributed by atoms with E-state index in [0.29, 0.717) is 25.5 Å². The molecule has 2 aromatic heterocycles. The van der Waals surface area contributed by atoms with E-state index in [9.17, 15) is 9.18 Å². The molecule has 10 heteroatoms. The molecule has 1 fully saturated rings. The Kier molecular flexibility index (Phi) is 10.1. The molecule has 1 aliphatic heterocycles. The van der Waals surface area contributed by atoms with Crippen LogP contribution in [0, 0.1) is 5.82 Å². The Hall–Kier alpha value is -3.24. The van der Waals surface area contributed by atoms with Crippen LogP contribution < -0.4 is 5.32 Å². The highest BCUT2D eigenvalue weighted by atomic mass is 35.5. The van der Waals surface area contributed by atoms with Gasteiger partial charge >= 0.3 is 0 Å². The van der Waals surface area contributed by atoms with Crippen molar-refractivity contribution in [1.82, 2.24) is 30.0 Å². The highest BCUT2D eigenvalue weighted by molar-refractivity contribution is 5.91. The minimum atomic E-state index is -0.255. The highest BCUT2D eigenvalue weighted by Crippen LogP contribution is 2.19. The van der Waals surface area contributed by atoms with Crippen molar-refractivity contribution in [3.63, 3.8) is 0 Å². The SMILES string of the molecule is CN1CCN(CCNC(=O)c2coc(CN(CCc3c[nH]c4ccccc34)Cc3ccc(F)cc3)n2)CC1.Cl. The summed E-state index contributed by atoms with van der Waals surface area (Å²) >= 11 is 0. The van der Waals surface area contributed by atoms with Crippen molar-refractivity contribution in [2.45, 2.75) is 19.5 Å². The number of amides is 1. The lowest BCUT2D eigenvalue weighted by molar-refractivity contribution is 0.0936. The highest BCUT2D eigenvalue weighted by Gasteiger charge is 2.17. The summed E-state index contributed by atoms with van der Waals surface area (Å²) in [5, 5.41) is 4.17. The first-order valence-electron chi connectivity index (χ1n) is 13.2. The molecule has 1 aliphatic rings. The van der Waals surface area contributed by atoms with E-state index >= 15 is 0 Å². The third-order valence-electron chi connectivity index (χ3n) is 7.14. The van der Waals surface area contributed by atoms with E-state index in [1.807, 2.05) is 12.1 Å². The average Bonchev–Trinajstić information content (AvgIpc) is 3.57. The fourth-order valence-corrected chi connectivity index (χ4v) is 4.85. The molecule has 208 valence electrons. The number of halogens is 2.